The van der Waals surface area contributed by atoms with E-state index >= 15 is 0 Å². The van der Waals surface area contributed by atoms with Crippen LogP contribution in [0.5, 0.6) is 11.5 Å². The molecule has 0 saturated carbocycles. The van der Waals surface area contributed by atoms with Crippen LogP contribution < -0.4 is 4.74 Å². The summed E-state index contributed by atoms with van der Waals surface area (Å²) in [5.74, 6) is 0.544. The molecule has 0 aliphatic carbocycles. The van der Waals surface area contributed by atoms with E-state index < -0.39 is 6.10 Å². The maximum Gasteiger partial charge on any atom is 0.200 e. The molecule has 1 atom stereocenters. The Labute approximate surface area is 160 Å². The third-order valence-corrected chi connectivity index (χ3v) is 4.10. The third kappa shape index (κ3) is 4.86. The fraction of sp³-hybridized carbons (Fsp3) is 0.250. The van der Waals surface area contributed by atoms with Gasteiger partial charge in [-0.15, -0.1) is 11.6 Å². The third-order valence-electron chi connectivity index (χ3n) is 3.00. The molecule has 1 N–H and O–H groups in total. The molecule has 0 bridgehead atoms. The molecule has 2 rings (SSSR count). The largest absolute Gasteiger partial charge is 0.504 e. The van der Waals surface area contributed by atoms with Gasteiger partial charge in [-0.05, 0) is 43.4 Å². The Hall–Kier alpha value is -1.27. The van der Waals surface area contributed by atoms with Gasteiger partial charge in [0, 0.05) is 11.8 Å². The number of hydrogen-bond acceptors (Lipinski definition) is 5. The highest BCUT2D eigenvalue weighted by molar-refractivity contribution is 7.80. The van der Waals surface area contributed by atoms with Crippen molar-refractivity contribution in [3.8, 4) is 22.8 Å². The lowest BCUT2D eigenvalue weighted by atomic mass is 10.1. The van der Waals surface area contributed by atoms with Crippen molar-refractivity contribution in [2.45, 2.75) is 13.0 Å². The lowest BCUT2D eigenvalue weighted by Gasteiger charge is -2.17. The van der Waals surface area contributed by atoms with Gasteiger partial charge in [-0.1, -0.05) is 23.2 Å². The number of phenolic OH excluding ortho intramolecular Hbond substituents is 1. The Morgan fingerprint density at radius 3 is 2.71 bits per heavy atom. The molecule has 0 amide bonds. The second-order valence-corrected chi connectivity index (χ2v) is 6.41. The van der Waals surface area contributed by atoms with Gasteiger partial charge < -0.3 is 14.6 Å². The minimum absolute atomic E-state index is 0.0627. The number of halogens is 3. The topological polar surface area (TPSA) is 51.6 Å². The van der Waals surface area contributed by atoms with E-state index in [1.54, 1.807) is 25.1 Å². The minimum atomic E-state index is -0.516. The molecular formula is C16H14Cl3NO3S. The zero-order valence-corrected chi connectivity index (χ0v) is 15.7. The first-order valence-corrected chi connectivity index (χ1v) is 8.66. The first kappa shape index (κ1) is 19.1. The Balaban J connectivity index is 2.16. The van der Waals surface area contributed by atoms with Gasteiger partial charge in [0.1, 0.15) is 6.61 Å². The van der Waals surface area contributed by atoms with Crippen LogP contribution in [0.15, 0.2) is 30.5 Å². The van der Waals surface area contributed by atoms with Crippen LogP contribution in [0.1, 0.15) is 6.92 Å². The molecule has 4 nitrogen and oxygen atoms in total. The van der Waals surface area contributed by atoms with Gasteiger partial charge in [0.05, 0.1) is 21.6 Å². The predicted molar refractivity (Wildman–Crippen MR) is 101 cm³/mol. The average molecular weight is 407 g/mol. The highest BCUT2D eigenvalue weighted by Crippen LogP contribution is 2.34. The molecule has 2 aromatic rings. The fourth-order valence-corrected chi connectivity index (χ4v) is 2.58. The van der Waals surface area contributed by atoms with Gasteiger partial charge >= 0.3 is 0 Å². The number of benzene rings is 1. The molecule has 0 radical (unpaired) electrons. The van der Waals surface area contributed by atoms with E-state index in [1.165, 1.54) is 12.3 Å². The number of hydrogen-bond donors (Lipinski definition) is 1. The van der Waals surface area contributed by atoms with E-state index in [2.05, 4.69) is 4.98 Å². The molecule has 1 aromatic carbocycles. The Kier molecular flexibility index (Phi) is 6.92. The van der Waals surface area contributed by atoms with Crippen molar-refractivity contribution < 1.29 is 14.6 Å². The minimum Gasteiger partial charge on any atom is -0.504 e. The van der Waals surface area contributed by atoms with Crippen molar-refractivity contribution in [3.63, 3.8) is 0 Å². The summed E-state index contributed by atoms with van der Waals surface area (Å²) in [5, 5.41) is 11.3. The number of rotatable bonds is 6. The molecule has 1 aromatic heterocycles. The van der Waals surface area contributed by atoms with Crippen LogP contribution in [0.3, 0.4) is 0 Å². The van der Waals surface area contributed by atoms with Gasteiger partial charge in [-0.3, -0.25) is 4.98 Å². The SMILES string of the molecule is CC(Oc1ccc(-c2ncc(Cl)cc2Cl)cc1O)C(=S)OCCCl. The first-order chi connectivity index (χ1) is 11.4. The highest BCUT2D eigenvalue weighted by Gasteiger charge is 2.15. The van der Waals surface area contributed by atoms with Crippen LogP contribution in [0, 0.1) is 0 Å². The number of pyridine rings is 1. The van der Waals surface area contributed by atoms with E-state index in [0.29, 0.717) is 33.8 Å². The summed E-state index contributed by atoms with van der Waals surface area (Å²) in [7, 11) is 0. The number of phenols is 1. The predicted octanol–water partition coefficient (Wildman–Crippen LogP) is 5.11. The molecule has 128 valence electrons. The molecule has 1 heterocycles. The van der Waals surface area contributed by atoms with Gasteiger partial charge in [0.2, 0.25) is 5.05 Å². The lowest BCUT2D eigenvalue weighted by Crippen LogP contribution is -2.25. The van der Waals surface area contributed by atoms with E-state index in [-0.39, 0.29) is 16.5 Å². The van der Waals surface area contributed by atoms with Crippen molar-refractivity contribution in [1.82, 2.24) is 4.98 Å². The summed E-state index contributed by atoms with van der Waals surface area (Å²) in [5.41, 5.74) is 1.15. The molecule has 8 heteroatoms. The van der Waals surface area contributed by atoms with Gasteiger partial charge in [0.25, 0.3) is 0 Å². The number of nitrogens with zero attached hydrogens (tertiary/aromatic N) is 1. The van der Waals surface area contributed by atoms with Crippen molar-refractivity contribution in [1.29, 1.82) is 0 Å². The molecule has 1 unspecified atom stereocenters. The summed E-state index contributed by atoms with van der Waals surface area (Å²) < 4.78 is 10.8. The van der Waals surface area contributed by atoms with E-state index in [0.717, 1.165) is 0 Å². The Morgan fingerprint density at radius 1 is 1.33 bits per heavy atom. The lowest BCUT2D eigenvalue weighted by molar-refractivity contribution is 0.224. The number of alkyl halides is 1. The molecule has 0 aliphatic rings. The second kappa shape index (κ2) is 8.72. The number of aromatic hydroxyl groups is 1. The highest BCUT2D eigenvalue weighted by atomic mass is 35.5. The molecule has 0 saturated heterocycles. The summed E-state index contributed by atoms with van der Waals surface area (Å²) in [4.78, 5) is 4.17. The summed E-state index contributed by atoms with van der Waals surface area (Å²) >= 11 is 22.6. The summed E-state index contributed by atoms with van der Waals surface area (Å²) in [6.07, 6.45) is 0.969. The summed E-state index contributed by atoms with van der Waals surface area (Å²) in [6.45, 7) is 2.03. The summed E-state index contributed by atoms with van der Waals surface area (Å²) in [6, 6.07) is 6.43. The van der Waals surface area contributed by atoms with Gasteiger partial charge in [-0.2, -0.15) is 0 Å². The first-order valence-electron chi connectivity index (χ1n) is 6.96. The van der Waals surface area contributed by atoms with Gasteiger partial charge in [0.15, 0.2) is 17.6 Å². The van der Waals surface area contributed by atoms with Crippen LogP contribution in [-0.2, 0) is 4.74 Å². The second-order valence-electron chi connectivity index (χ2n) is 4.78. The van der Waals surface area contributed by atoms with Crippen LogP contribution in [0.2, 0.25) is 10.0 Å². The number of ether oxygens (including phenoxy) is 2. The normalized spacial score (nSPS) is 11.8. The van der Waals surface area contributed by atoms with Crippen LogP contribution >= 0.6 is 47.0 Å². The van der Waals surface area contributed by atoms with Crippen LogP contribution in [0.25, 0.3) is 11.3 Å². The molecule has 0 aliphatic heterocycles. The number of aromatic nitrogens is 1. The van der Waals surface area contributed by atoms with E-state index in [9.17, 15) is 5.11 Å². The van der Waals surface area contributed by atoms with E-state index in [1.807, 2.05) is 0 Å². The Bertz CT molecular complexity index is 743. The smallest absolute Gasteiger partial charge is 0.200 e. The quantitative estimate of drug-likeness (QED) is 0.533. The van der Waals surface area contributed by atoms with E-state index in [4.69, 9.17) is 56.5 Å². The molecular weight excluding hydrogens is 393 g/mol. The maximum atomic E-state index is 10.2. The molecule has 0 spiro atoms. The van der Waals surface area contributed by atoms with Crippen LogP contribution in [0.4, 0.5) is 0 Å². The standard InChI is InChI=1S/C16H14Cl3NO3S/c1-9(16(24)22-5-4-17)23-14-3-2-10(6-13(14)21)15-12(19)7-11(18)8-20-15/h2-3,6-9,21H,4-5H2,1H3. The molecule has 24 heavy (non-hydrogen) atoms. The van der Waals surface area contributed by atoms with Crippen molar-refractivity contribution in [3.05, 3.63) is 40.5 Å². The van der Waals surface area contributed by atoms with Crippen LogP contribution in [-0.4, -0.2) is 33.7 Å². The average Bonchev–Trinajstić information content (AvgIpc) is 2.54. The van der Waals surface area contributed by atoms with Crippen molar-refractivity contribution in [2.24, 2.45) is 0 Å². The maximum absolute atomic E-state index is 10.2. The zero-order valence-electron chi connectivity index (χ0n) is 12.6. The fourth-order valence-electron chi connectivity index (χ4n) is 1.89. The Morgan fingerprint density at radius 2 is 2.08 bits per heavy atom. The van der Waals surface area contributed by atoms with Gasteiger partial charge in [-0.25, -0.2) is 0 Å². The monoisotopic (exact) mass is 405 g/mol. The molecule has 0 fully saturated rings. The zero-order chi connectivity index (χ0) is 17.7. The number of thiocarbonyl (C=S) groups is 1. The van der Waals surface area contributed by atoms with Crippen molar-refractivity contribution >= 4 is 52.1 Å². The van der Waals surface area contributed by atoms with Crippen molar-refractivity contribution in [2.75, 3.05) is 12.5 Å².